The highest BCUT2D eigenvalue weighted by atomic mass is 32.2. The maximum absolute atomic E-state index is 12.3. The first-order chi connectivity index (χ1) is 10.7. The molecule has 0 saturated carbocycles. The maximum Gasteiger partial charge on any atom is 0.233 e. The van der Waals surface area contributed by atoms with Crippen LogP contribution in [0.4, 0.5) is 5.69 Å². The molecule has 0 amide bonds. The van der Waals surface area contributed by atoms with Gasteiger partial charge in [0.05, 0.1) is 11.4 Å². The Balaban J connectivity index is 2.08. The van der Waals surface area contributed by atoms with Crippen molar-refractivity contribution < 1.29 is 8.42 Å². The van der Waals surface area contributed by atoms with Crippen molar-refractivity contribution in [3.8, 4) is 0 Å². The first-order valence-corrected chi connectivity index (χ1v) is 9.48. The third-order valence-electron chi connectivity index (χ3n) is 3.86. The fraction of sp³-hybridized carbons (Fsp3) is 0.368. The molecule has 0 saturated heterocycles. The van der Waals surface area contributed by atoms with E-state index in [0.717, 1.165) is 11.1 Å². The molecule has 2 aromatic carbocycles. The van der Waals surface area contributed by atoms with Crippen molar-refractivity contribution in [1.82, 2.24) is 0 Å². The van der Waals surface area contributed by atoms with Crippen molar-refractivity contribution in [2.75, 3.05) is 10.5 Å². The Bertz CT molecular complexity index is 760. The van der Waals surface area contributed by atoms with Gasteiger partial charge in [-0.25, -0.2) is 8.42 Å². The molecule has 0 spiro atoms. The van der Waals surface area contributed by atoms with E-state index >= 15 is 0 Å². The maximum atomic E-state index is 12.3. The van der Waals surface area contributed by atoms with Crippen molar-refractivity contribution in [2.24, 2.45) is 0 Å². The quantitative estimate of drug-likeness (QED) is 0.889. The number of benzene rings is 2. The van der Waals surface area contributed by atoms with Crippen LogP contribution >= 0.6 is 0 Å². The molecule has 124 valence electrons. The van der Waals surface area contributed by atoms with Crippen LogP contribution in [0.1, 0.15) is 37.5 Å². The van der Waals surface area contributed by atoms with Crippen molar-refractivity contribution in [2.45, 2.75) is 39.5 Å². The third kappa shape index (κ3) is 5.10. The summed E-state index contributed by atoms with van der Waals surface area (Å²) in [4.78, 5) is 0. The Morgan fingerprint density at radius 2 is 1.65 bits per heavy atom. The topological polar surface area (TPSA) is 46.2 Å². The van der Waals surface area contributed by atoms with Gasteiger partial charge < -0.3 is 0 Å². The highest BCUT2D eigenvalue weighted by Crippen LogP contribution is 2.26. The van der Waals surface area contributed by atoms with Crippen LogP contribution in [0.2, 0.25) is 0 Å². The van der Waals surface area contributed by atoms with Gasteiger partial charge in [-0.2, -0.15) is 0 Å². The van der Waals surface area contributed by atoms with Crippen LogP contribution in [0.5, 0.6) is 0 Å². The molecule has 0 aliphatic heterocycles. The fourth-order valence-electron chi connectivity index (χ4n) is 2.36. The lowest BCUT2D eigenvalue weighted by molar-refractivity contribution is 0.590. The summed E-state index contributed by atoms with van der Waals surface area (Å²) in [5.74, 6) is 0.0808. The predicted molar refractivity (Wildman–Crippen MR) is 97.4 cm³/mol. The van der Waals surface area contributed by atoms with E-state index in [9.17, 15) is 8.42 Å². The molecule has 0 aliphatic carbocycles. The minimum absolute atomic E-state index is 0.0511. The van der Waals surface area contributed by atoms with Gasteiger partial charge in [-0.05, 0) is 41.5 Å². The zero-order valence-corrected chi connectivity index (χ0v) is 15.1. The summed E-state index contributed by atoms with van der Waals surface area (Å²) in [7, 11) is -3.35. The fourth-order valence-corrected chi connectivity index (χ4v) is 3.53. The van der Waals surface area contributed by atoms with Crippen molar-refractivity contribution >= 4 is 15.7 Å². The summed E-state index contributed by atoms with van der Waals surface area (Å²) in [5.41, 5.74) is 3.88. The van der Waals surface area contributed by atoms with Crippen LogP contribution in [0.3, 0.4) is 0 Å². The first-order valence-electron chi connectivity index (χ1n) is 7.83. The number of nitrogens with one attached hydrogen (secondary N) is 1. The molecular formula is C19H25NO2S. The lowest BCUT2D eigenvalue weighted by Crippen LogP contribution is -2.19. The molecule has 3 nitrogen and oxygen atoms in total. The van der Waals surface area contributed by atoms with Gasteiger partial charge in [0, 0.05) is 0 Å². The Kier molecular flexibility index (Phi) is 5.15. The largest absolute Gasteiger partial charge is 0.283 e. The lowest BCUT2D eigenvalue weighted by atomic mass is 9.86. The monoisotopic (exact) mass is 331 g/mol. The van der Waals surface area contributed by atoms with Gasteiger partial charge >= 0.3 is 0 Å². The smallest absolute Gasteiger partial charge is 0.233 e. The average molecular weight is 331 g/mol. The molecule has 0 fully saturated rings. The molecule has 0 heterocycles. The van der Waals surface area contributed by atoms with Crippen molar-refractivity contribution in [3.05, 3.63) is 65.2 Å². The molecule has 0 unspecified atom stereocenters. The summed E-state index contributed by atoms with van der Waals surface area (Å²) in [6.45, 7) is 8.37. The Hall–Kier alpha value is -1.81. The molecule has 0 atom stereocenters. The molecule has 4 heteroatoms. The predicted octanol–water partition coefficient (Wildman–Crippen LogP) is 4.28. The summed E-state index contributed by atoms with van der Waals surface area (Å²) < 4.78 is 27.3. The average Bonchev–Trinajstić information content (AvgIpc) is 2.47. The Labute approximate surface area is 139 Å². The van der Waals surface area contributed by atoms with E-state index in [1.807, 2.05) is 49.4 Å². The van der Waals surface area contributed by atoms with E-state index in [1.165, 1.54) is 5.56 Å². The molecule has 0 aliphatic rings. The molecule has 2 aromatic rings. The van der Waals surface area contributed by atoms with Crippen LogP contribution in [0.15, 0.2) is 48.5 Å². The third-order valence-corrected chi connectivity index (χ3v) is 5.13. The molecule has 1 N–H and O–H groups in total. The van der Waals surface area contributed by atoms with Gasteiger partial charge in [0.2, 0.25) is 10.0 Å². The van der Waals surface area contributed by atoms with Gasteiger partial charge in [-0.3, -0.25) is 4.72 Å². The summed E-state index contributed by atoms with van der Waals surface area (Å²) in [6.07, 6.45) is 0.509. The Morgan fingerprint density at radius 1 is 1.00 bits per heavy atom. The molecule has 2 rings (SSSR count). The standard InChI is InChI=1S/C19H25NO2S/c1-15-14-17(19(2,3)4)10-11-18(15)20-23(21,22)13-12-16-8-6-5-7-9-16/h5-11,14,20H,12-13H2,1-4H3. The number of sulfonamides is 1. The minimum atomic E-state index is -3.35. The number of hydrogen-bond acceptors (Lipinski definition) is 2. The van der Waals surface area contributed by atoms with Crippen molar-refractivity contribution in [1.29, 1.82) is 0 Å². The number of hydrogen-bond donors (Lipinski definition) is 1. The van der Waals surface area contributed by atoms with Gasteiger partial charge in [-0.15, -0.1) is 0 Å². The van der Waals surface area contributed by atoms with Crippen LogP contribution in [-0.2, 0) is 21.9 Å². The van der Waals surface area contributed by atoms with Gasteiger partial charge in [0.15, 0.2) is 0 Å². The number of anilines is 1. The van der Waals surface area contributed by atoms with Crippen LogP contribution in [0, 0.1) is 6.92 Å². The highest BCUT2D eigenvalue weighted by Gasteiger charge is 2.16. The second kappa shape index (κ2) is 6.75. The molecule has 0 bridgehead atoms. The first kappa shape index (κ1) is 17.5. The van der Waals surface area contributed by atoms with Gasteiger partial charge in [0.25, 0.3) is 0 Å². The summed E-state index contributed by atoms with van der Waals surface area (Å²) >= 11 is 0. The second-order valence-corrected chi connectivity index (χ2v) is 8.78. The molecule has 0 radical (unpaired) electrons. The van der Waals surface area contributed by atoms with Crippen LogP contribution in [0.25, 0.3) is 0 Å². The zero-order chi connectivity index (χ0) is 17.1. The number of aryl methyl sites for hydroxylation is 2. The van der Waals surface area contributed by atoms with E-state index in [0.29, 0.717) is 12.1 Å². The van der Waals surface area contributed by atoms with Crippen LogP contribution in [-0.4, -0.2) is 14.2 Å². The normalized spacial score (nSPS) is 12.2. The zero-order valence-electron chi connectivity index (χ0n) is 14.3. The van der Waals surface area contributed by atoms with E-state index in [2.05, 4.69) is 31.6 Å². The number of rotatable bonds is 5. The van der Waals surface area contributed by atoms with E-state index < -0.39 is 10.0 Å². The highest BCUT2D eigenvalue weighted by molar-refractivity contribution is 7.92. The van der Waals surface area contributed by atoms with E-state index in [4.69, 9.17) is 0 Å². The van der Waals surface area contributed by atoms with E-state index in [1.54, 1.807) is 0 Å². The summed E-state index contributed by atoms with van der Waals surface area (Å²) in [6, 6.07) is 15.6. The van der Waals surface area contributed by atoms with E-state index in [-0.39, 0.29) is 11.2 Å². The summed E-state index contributed by atoms with van der Waals surface area (Å²) in [5, 5.41) is 0. The van der Waals surface area contributed by atoms with Crippen molar-refractivity contribution in [3.63, 3.8) is 0 Å². The molecule has 0 aromatic heterocycles. The van der Waals surface area contributed by atoms with Crippen LogP contribution < -0.4 is 4.72 Å². The second-order valence-electron chi connectivity index (χ2n) is 6.94. The lowest BCUT2D eigenvalue weighted by Gasteiger charge is -2.21. The molecule has 23 heavy (non-hydrogen) atoms. The van der Waals surface area contributed by atoms with Gasteiger partial charge in [0.1, 0.15) is 0 Å². The van der Waals surface area contributed by atoms with Gasteiger partial charge in [-0.1, -0.05) is 63.2 Å². The SMILES string of the molecule is Cc1cc(C(C)(C)C)ccc1NS(=O)(=O)CCc1ccccc1. The minimum Gasteiger partial charge on any atom is -0.283 e. The molecular weight excluding hydrogens is 306 g/mol. The Morgan fingerprint density at radius 3 is 2.22 bits per heavy atom.